The van der Waals surface area contributed by atoms with Gasteiger partial charge in [0.25, 0.3) is 0 Å². The Bertz CT molecular complexity index is 608. The van der Waals surface area contributed by atoms with Crippen LogP contribution >= 0.6 is 35.6 Å². The molecule has 0 unspecified atom stereocenters. The highest BCUT2D eigenvalue weighted by Gasteiger charge is 2.23. The van der Waals surface area contributed by atoms with E-state index >= 15 is 0 Å². The van der Waals surface area contributed by atoms with E-state index in [0.29, 0.717) is 37.9 Å². The van der Waals surface area contributed by atoms with E-state index in [1.807, 2.05) is 26.0 Å². The fourth-order valence-electron chi connectivity index (χ4n) is 2.79. The first-order valence-corrected chi connectivity index (χ1v) is 9.85. The van der Waals surface area contributed by atoms with Gasteiger partial charge in [-0.15, -0.1) is 24.0 Å². The molecule has 2 rings (SSSR count). The average molecular weight is 525 g/mol. The first kappa shape index (κ1) is 24.6. The van der Waals surface area contributed by atoms with Crippen LogP contribution in [0.15, 0.2) is 29.3 Å². The lowest BCUT2D eigenvalue weighted by Crippen LogP contribution is -2.50. The summed E-state index contributed by atoms with van der Waals surface area (Å²) in [5.74, 6) is 1.55. The predicted octanol–water partition coefficient (Wildman–Crippen LogP) is 3.51. The van der Waals surface area contributed by atoms with E-state index in [0.717, 1.165) is 31.1 Å². The standard InChI is InChI=1S/C19H29ClN4O3.HI/c1-3-21-18(22-11-14-27-17-7-5-15(20)6-8-17)23-16-9-12-24(13-10-16)19(25)26-4-2;/h5-8,16H,3-4,9-14H2,1-2H3,(H2,21,22,23);1H. The van der Waals surface area contributed by atoms with E-state index in [1.54, 1.807) is 17.0 Å². The number of hydrogen-bond donors (Lipinski definition) is 2. The monoisotopic (exact) mass is 524 g/mol. The molecular weight excluding hydrogens is 495 g/mol. The highest BCUT2D eigenvalue weighted by molar-refractivity contribution is 14.0. The largest absolute Gasteiger partial charge is 0.492 e. The third kappa shape index (κ3) is 8.72. The fourth-order valence-corrected chi connectivity index (χ4v) is 2.91. The third-order valence-corrected chi connectivity index (χ3v) is 4.40. The van der Waals surface area contributed by atoms with Crippen molar-refractivity contribution in [3.8, 4) is 5.75 Å². The number of carbonyl (C=O) groups is 1. The number of benzene rings is 1. The Hall–Kier alpha value is -1.42. The summed E-state index contributed by atoms with van der Waals surface area (Å²) in [7, 11) is 0. The van der Waals surface area contributed by atoms with Crippen LogP contribution in [0.3, 0.4) is 0 Å². The minimum atomic E-state index is -0.226. The second-order valence-electron chi connectivity index (χ2n) is 6.17. The lowest BCUT2D eigenvalue weighted by atomic mass is 10.1. The van der Waals surface area contributed by atoms with Gasteiger partial charge in [0.15, 0.2) is 5.96 Å². The lowest BCUT2D eigenvalue weighted by Gasteiger charge is -2.32. The zero-order valence-electron chi connectivity index (χ0n) is 16.4. The van der Waals surface area contributed by atoms with E-state index in [2.05, 4.69) is 15.6 Å². The Morgan fingerprint density at radius 1 is 1.25 bits per heavy atom. The molecule has 1 fully saturated rings. The number of guanidine groups is 1. The summed E-state index contributed by atoms with van der Waals surface area (Å²) in [5, 5.41) is 7.38. The smallest absolute Gasteiger partial charge is 0.409 e. The molecule has 158 valence electrons. The van der Waals surface area contributed by atoms with Gasteiger partial charge in [0.2, 0.25) is 0 Å². The molecule has 1 aromatic carbocycles. The molecular formula is C19H30ClIN4O3. The molecule has 0 bridgehead atoms. The van der Waals surface area contributed by atoms with Crippen LogP contribution in [0.25, 0.3) is 0 Å². The van der Waals surface area contributed by atoms with E-state index in [-0.39, 0.29) is 36.1 Å². The number of likely N-dealkylation sites (tertiary alicyclic amines) is 1. The van der Waals surface area contributed by atoms with Gasteiger partial charge in [0.1, 0.15) is 12.4 Å². The number of hydrogen-bond acceptors (Lipinski definition) is 4. The first-order chi connectivity index (χ1) is 13.1. The number of piperidine rings is 1. The van der Waals surface area contributed by atoms with Gasteiger partial charge in [-0.25, -0.2) is 9.79 Å². The summed E-state index contributed by atoms with van der Waals surface area (Å²) in [4.78, 5) is 18.1. The summed E-state index contributed by atoms with van der Waals surface area (Å²) in [6.07, 6.45) is 1.51. The lowest BCUT2D eigenvalue weighted by molar-refractivity contribution is 0.0963. The number of carbonyl (C=O) groups excluding carboxylic acids is 1. The molecule has 1 amide bonds. The predicted molar refractivity (Wildman–Crippen MR) is 123 cm³/mol. The van der Waals surface area contributed by atoms with Crippen molar-refractivity contribution in [1.29, 1.82) is 0 Å². The van der Waals surface area contributed by atoms with Crippen molar-refractivity contribution in [2.24, 2.45) is 4.99 Å². The quantitative estimate of drug-likeness (QED) is 0.247. The second-order valence-corrected chi connectivity index (χ2v) is 6.60. The van der Waals surface area contributed by atoms with Gasteiger partial charge in [-0.2, -0.15) is 0 Å². The van der Waals surface area contributed by atoms with E-state index in [1.165, 1.54) is 0 Å². The molecule has 0 radical (unpaired) electrons. The maximum absolute atomic E-state index is 11.8. The Morgan fingerprint density at radius 3 is 2.54 bits per heavy atom. The van der Waals surface area contributed by atoms with Crippen molar-refractivity contribution in [3.05, 3.63) is 29.3 Å². The molecule has 1 aromatic rings. The molecule has 0 saturated carbocycles. The Labute approximate surface area is 189 Å². The summed E-state index contributed by atoms with van der Waals surface area (Å²) in [6.45, 7) is 7.45. The maximum atomic E-state index is 11.8. The van der Waals surface area contributed by atoms with E-state index < -0.39 is 0 Å². The number of rotatable bonds is 7. The van der Waals surface area contributed by atoms with Gasteiger partial charge in [-0.1, -0.05) is 11.6 Å². The number of aliphatic imine (C=N–C) groups is 1. The van der Waals surface area contributed by atoms with Crippen LogP contribution in [-0.4, -0.2) is 62.4 Å². The van der Waals surface area contributed by atoms with E-state index in [4.69, 9.17) is 21.1 Å². The summed E-state index contributed by atoms with van der Waals surface area (Å²) in [5.41, 5.74) is 0. The number of nitrogens with one attached hydrogen (secondary N) is 2. The van der Waals surface area contributed by atoms with Crippen molar-refractivity contribution >= 4 is 47.6 Å². The van der Waals surface area contributed by atoms with Gasteiger partial charge < -0.3 is 25.0 Å². The molecule has 2 N–H and O–H groups in total. The van der Waals surface area contributed by atoms with Crippen LogP contribution in [0.4, 0.5) is 4.79 Å². The zero-order valence-corrected chi connectivity index (χ0v) is 19.5. The highest BCUT2D eigenvalue weighted by Crippen LogP contribution is 2.15. The fraction of sp³-hybridized carbons (Fsp3) is 0.579. The molecule has 1 aliphatic heterocycles. The molecule has 0 aromatic heterocycles. The van der Waals surface area contributed by atoms with Crippen molar-refractivity contribution in [3.63, 3.8) is 0 Å². The molecule has 1 saturated heterocycles. The Morgan fingerprint density at radius 2 is 1.93 bits per heavy atom. The van der Waals surface area contributed by atoms with Crippen molar-refractivity contribution in [2.75, 3.05) is 39.4 Å². The summed E-state index contributed by atoms with van der Waals surface area (Å²) >= 11 is 5.86. The van der Waals surface area contributed by atoms with Gasteiger partial charge in [-0.05, 0) is 51.0 Å². The average Bonchev–Trinajstić information content (AvgIpc) is 2.67. The van der Waals surface area contributed by atoms with Gasteiger partial charge in [0.05, 0.1) is 13.2 Å². The summed E-state index contributed by atoms with van der Waals surface area (Å²) < 4.78 is 10.7. The molecule has 7 nitrogen and oxygen atoms in total. The van der Waals surface area contributed by atoms with Crippen molar-refractivity contribution in [2.45, 2.75) is 32.7 Å². The molecule has 9 heteroatoms. The van der Waals surface area contributed by atoms with Gasteiger partial charge in [-0.3, -0.25) is 0 Å². The maximum Gasteiger partial charge on any atom is 0.409 e. The van der Waals surface area contributed by atoms with Crippen LogP contribution in [0.1, 0.15) is 26.7 Å². The number of ether oxygens (including phenoxy) is 2. The molecule has 0 atom stereocenters. The molecule has 1 heterocycles. The van der Waals surface area contributed by atoms with Crippen LogP contribution in [0.5, 0.6) is 5.75 Å². The van der Waals surface area contributed by atoms with Gasteiger partial charge in [0, 0.05) is 30.7 Å². The normalized spacial score (nSPS) is 14.8. The van der Waals surface area contributed by atoms with Gasteiger partial charge >= 0.3 is 6.09 Å². The zero-order chi connectivity index (χ0) is 19.5. The molecule has 0 aliphatic carbocycles. The van der Waals surface area contributed by atoms with Crippen LogP contribution in [0.2, 0.25) is 5.02 Å². The second kappa shape index (κ2) is 13.7. The number of halogens is 2. The Balaban J connectivity index is 0.00000392. The number of nitrogens with zero attached hydrogens (tertiary/aromatic N) is 2. The topological polar surface area (TPSA) is 75.2 Å². The Kier molecular flexibility index (Phi) is 12.1. The van der Waals surface area contributed by atoms with Crippen LogP contribution in [-0.2, 0) is 4.74 Å². The third-order valence-electron chi connectivity index (χ3n) is 4.15. The first-order valence-electron chi connectivity index (χ1n) is 9.47. The van der Waals surface area contributed by atoms with Crippen molar-refractivity contribution in [1.82, 2.24) is 15.5 Å². The van der Waals surface area contributed by atoms with E-state index in [9.17, 15) is 4.79 Å². The van der Waals surface area contributed by atoms with Crippen LogP contribution < -0.4 is 15.4 Å². The minimum Gasteiger partial charge on any atom is -0.492 e. The highest BCUT2D eigenvalue weighted by atomic mass is 127. The minimum absolute atomic E-state index is 0. The molecule has 1 aliphatic rings. The molecule has 28 heavy (non-hydrogen) atoms. The molecule has 0 spiro atoms. The van der Waals surface area contributed by atoms with Crippen LogP contribution in [0, 0.1) is 0 Å². The SMILES string of the molecule is CCNC(=NCCOc1ccc(Cl)cc1)NC1CCN(C(=O)OCC)CC1.I. The number of amides is 1. The summed E-state index contributed by atoms with van der Waals surface area (Å²) in [6, 6.07) is 7.56. The van der Waals surface area contributed by atoms with Crippen molar-refractivity contribution < 1.29 is 14.3 Å².